The Hall–Kier alpha value is 0.118. The molecule has 14 heavy (non-hydrogen) atoms. The zero-order valence-corrected chi connectivity index (χ0v) is 9.72. The third kappa shape index (κ3) is 6.55. The van der Waals surface area contributed by atoms with E-state index in [0.29, 0.717) is 0 Å². The van der Waals surface area contributed by atoms with E-state index in [-0.39, 0.29) is 5.48 Å². The molecule has 2 bridgehead atoms. The fourth-order valence-corrected chi connectivity index (χ4v) is 1.66. The van der Waals surface area contributed by atoms with Gasteiger partial charge in [-0.2, -0.15) is 0 Å². The third-order valence-corrected chi connectivity index (χ3v) is 2.34. The van der Waals surface area contributed by atoms with Gasteiger partial charge in [0.1, 0.15) is 0 Å². The van der Waals surface area contributed by atoms with Crippen LogP contribution >= 0.6 is 0 Å². The van der Waals surface area contributed by atoms with Gasteiger partial charge >= 0.3 is 30.5 Å². The first kappa shape index (κ1) is 14.1. The van der Waals surface area contributed by atoms with Crippen molar-refractivity contribution in [1.29, 1.82) is 0 Å². The van der Waals surface area contributed by atoms with Crippen LogP contribution in [0, 0.1) is 0 Å². The molecule has 0 aromatic rings. The number of hydrogen-bond acceptors (Lipinski definition) is 3. The summed E-state index contributed by atoms with van der Waals surface area (Å²) in [7, 11) is 0. The van der Waals surface area contributed by atoms with Gasteiger partial charge < -0.3 is 10.4 Å². The number of quaternary nitrogens is 1. The van der Waals surface area contributed by atoms with Gasteiger partial charge in [0.15, 0.2) is 0 Å². The van der Waals surface area contributed by atoms with Gasteiger partial charge in [-0.3, -0.25) is 4.90 Å². The molecule has 0 aromatic carbocycles. The van der Waals surface area contributed by atoms with E-state index in [1.165, 1.54) is 39.3 Å². The average Bonchev–Trinajstić information content (AvgIpc) is 2.05. The van der Waals surface area contributed by atoms with E-state index in [1.54, 1.807) is 0 Å². The predicted octanol–water partition coefficient (Wildman–Crippen LogP) is -5.43. The van der Waals surface area contributed by atoms with Crippen LogP contribution in [0.25, 0.3) is 0 Å². The second-order valence-corrected chi connectivity index (χ2v) is 5.39. The predicted molar refractivity (Wildman–Crippen MR) is 46.5 cm³/mol. The fourth-order valence-electron chi connectivity index (χ4n) is 1.66. The topological polar surface area (TPSA) is 120 Å². The average molecular weight is 272 g/mol. The summed E-state index contributed by atoms with van der Waals surface area (Å²) < 4.78 is 31.9. The first-order valence-electron chi connectivity index (χ1n) is 4.27. The molecule has 0 aromatic heterocycles. The summed E-state index contributed by atoms with van der Waals surface area (Å²) in [6.07, 6.45) is 0. The minimum atomic E-state index is -5.38. The first-order valence-corrected chi connectivity index (χ1v) is 7.49. The van der Waals surface area contributed by atoms with Crippen LogP contribution in [0.3, 0.4) is 0 Å². The number of fused-ring (bicyclic) bond motifs is 3. The van der Waals surface area contributed by atoms with E-state index in [9.17, 15) is 0 Å². The minimum absolute atomic E-state index is 0. The second-order valence-electron chi connectivity index (χ2n) is 3.33. The standard InChI is InChI=1S/C6H12N2.AsH3O4.H2O/c1-2-8-5-3-7(1)4-6-8;2-1(3,4)5;/h1-6H2;(H3,2,3,4,5);1H2. The zero-order valence-electron chi connectivity index (χ0n) is 7.85. The SMILES string of the molecule is C1C[NH+]2CCN1CC2.O.O=[As]([O-])(O)O. The summed E-state index contributed by atoms with van der Waals surface area (Å²) in [5.74, 6) is 0. The summed E-state index contributed by atoms with van der Waals surface area (Å²) in [6, 6.07) is 0. The van der Waals surface area contributed by atoms with Gasteiger partial charge in [0, 0.05) is 19.6 Å². The van der Waals surface area contributed by atoms with Crippen molar-refractivity contribution in [1.82, 2.24) is 4.90 Å². The first-order chi connectivity index (χ1) is 5.95. The van der Waals surface area contributed by atoms with Gasteiger partial charge in [-0.05, 0) is 0 Å². The van der Waals surface area contributed by atoms with E-state index >= 15 is 0 Å². The van der Waals surface area contributed by atoms with Gasteiger partial charge in [-0.1, -0.05) is 0 Å². The van der Waals surface area contributed by atoms with Crippen LogP contribution in [-0.2, 0) is 3.74 Å². The Morgan fingerprint density at radius 2 is 1.43 bits per heavy atom. The Bertz CT molecular complexity index is 169. The second kappa shape index (κ2) is 5.87. The Balaban J connectivity index is 0.000000253. The monoisotopic (exact) mass is 272 g/mol. The van der Waals surface area contributed by atoms with Crippen molar-refractivity contribution in [3.63, 3.8) is 0 Å². The molecule has 3 aliphatic rings. The molecule has 8 heteroatoms. The summed E-state index contributed by atoms with van der Waals surface area (Å²) in [6.45, 7) is 8.28. The summed E-state index contributed by atoms with van der Waals surface area (Å²) in [4.78, 5) is 4.39. The quantitative estimate of drug-likeness (QED) is 0.380. The Kier molecular flexibility index (Phi) is 5.92. The molecule has 0 atom stereocenters. The molecule has 0 saturated carbocycles. The van der Waals surface area contributed by atoms with Crippen molar-refractivity contribution in [3.8, 4) is 0 Å². The number of rotatable bonds is 0. The van der Waals surface area contributed by atoms with Crippen molar-refractivity contribution in [3.05, 3.63) is 0 Å². The molecule has 5 N–H and O–H groups in total. The van der Waals surface area contributed by atoms with Crippen LogP contribution in [0.1, 0.15) is 0 Å². The molecular weight excluding hydrogens is 255 g/mol. The molecule has 3 fully saturated rings. The molecule has 3 rings (SSSR count). The molecule has 86 valence electrons. The van der Waals surface area contributed by atoms with Crippen molar-refractivity contribution in [2.45, 2.75) is 0 Å². The fraction of sp³-hybridized carbons (Fsp3) is 1.00. The van der Waals surface area contributed by atoms with Gasteiger partial charge in [-0.25, -0.2) is 0 Å². The third-order valence-electron chi connectivity index (χ3n) is 2.34. The summed E-state index contributed by atoms with van der Waals surface area (Å²) >= 11 is -5.38. The molecule has 0 amide bonds. The summed E-state index contributed by atoms with van der Waals surface area (Å²) in [5, 5.41) is 0. The van der Waals surface area contributed by atoms with Crippen LogP contribution in [0.15, 0.2) is 0 Å². The molecule has 0 aliphatic carbocycles. The molecule has 0 unspecified atom stereocenters. The number of nitrogens with one attached hydrogen (secondary N) is 1. The van der Waals surface area contributed by atoms with Crippen molar-refractivity contribution < 1.29 is 26.4 Å². The van der Waals surface area contributed by atoms with Gasteiger partial charge in [0.25, 0.3) is 0 Å². The molecule has 3 aliphatic heterocycles. The van der Waals surface area contributed by atoms with Crippen LogP contribution in [0.2, 0.25) is 0 Å². The number of nitrogens with zero attached hydrogens (tertiary/aromatic N) is 1. The van der Waals surface area contributed by atoms with Gasteiger partial charge in [0.2, 0.25) is 0 Å². The van der Waals surface area contributed by atoms with E-state index in [2.05, 4.69) is 4.90 Å². The number of hydrogen-bond donors (Lipinski definition) is 3. The van der Waals surface area contributed by atoms with Crippen LogP contribution in [0.4, 0.5) is 0 Å². The summed E-state index contributed by atoms with van der Waals surface area (Å²) in [5.41, 5.74) is 0. The molecular formula is C6H17AsN2O5. The van der Waals surface area contributed by atoms with Gasteiger partial charge in [0.05, 0.1) is 19.6 Å². The Morgan fingerprint density at radius 1 is 1.14 bits per heavy atom. The van der Waals surface area contributed by atoms with Crippen molar-refractivity contribution >= 4 is 14.5 Å². The number of piperazine rings is 3. The molecule has 3 saturated heterocycles. The van der Waals surface area contributed by atoms with E-state index < -0.39 is 14.5 Å². The van der Waals surface area contributed by atoms with E-state index in [1.807, 2.05) is 4.90 Å². The van der Waals surface area contributed by atoms with E-state index in [4.69, 9.17) is 16.0 Å². The Labute approximate surface area is 85.6 Å². The maximum atomic E-state index is 8.83. The molecule has 3 heterocycles. The molecule has 7 nitrogen and oxygen atoms in total. The van der Waals surface area contributed by atoms with Crippen LogP contribution < -0.4 is 9.00 Å². The van der Waals surface area contributed by atoms with E-state index in [0.717, 1.165) is 0 Å². The Morgan fingerprint density at radius 3 is 1.50 bits per heavy atom. The van der Waals surface area contributed by atoms with Crippen molar-refractivity contribution in [2.75, 3.05) is 39.3 Å². The van der Waals surface area contributed by atoms with Gasteiger partial charge in [-0.15, -0.1) is 0 Å². The normalized spacial score (nSPS) is 29.9. The van der Waals surface area contributed by atoms with Crippen molar-refractivity contribution in [2.24, 2.45) is 0 Å². The molecule has 0 spiro atoms. The van der Waals surface area contributed by atoms with Crippen LogP contribution in [0.5, 0.6) is 0 Å². The maximum absolute atomic E-state index is 8.83. The zero-order chi connectivity index (χ0) is 9.90. The van der Waals surface area contributed by atoms with Crippen LogP contribution in [-0.4, -0.2) is 72.3 Å². The molecule has 0 radical (unpaired) electrons.